The topological polar surface area (TPSA) is 105 Å². The minimum Gasteiger partial charge on any atom is -0.358 e. The Hall–Kier alpha value is -2.53. The molecule has 0 unspecified atom stereocenters. The number of anilines is 1. The maximum atomic E-state index is 10.9. The number of aromatic nitrogens is 2. The van der Waals surface area contributed by atoms with Gasteiger partial charge in [-0.2, -0.15) is 5.26 Å². The van der Waals surface area contributed by atoms with E-state index in [2.05, 4.69) is 15.3 Å². The summed E-state index contributed by atoms with van der Waals surface area (Å²) in [5, 5.41) is 25.2. The van der Waals surface area contributed by atoms with E-state index in [9.17, 15) is 10.1 Å². The predicted octanol–water partition coefficient (Wildman–Crippen LogP) is 2.24. The summed E-state index contributed by atoms with van der Waals surface area (Å²) in [5.74, 6) is 0.136. The molecule has 2 rings (SSSR count). The van der Waals surface area contributed by atoms with Gasteiger partial charge in [-0.1, -0.05) is 0 Å². The van der Waals surface area contributed by atoms with Crippen LogP contribution in [0.3, 0.4) is 0 Å². The highest BCUT2D eigenvalue weighted by Crippen LogP contribution is 2.23. The van der Waals surface area contributed by atoms with Crippen molar-refractivity contribution in [3.8, 4) is 6.07 Å². The van der Waals surface area contributed by atoms with Gasteiger partial charge >= 0.3 is 5.69 Å². The van der Waals surface area contributed by atoms with Crippen LogP contribution in [0.4, 0.5) is 11.5 Å². The summed E-state index contributed by atoms with van der Waals surface area (Å²) in [6.45, 7) is 2.24. The fourth-order valence-corrected chi connectivity index (χ4v) is 2.14. The molecule has 0 aromatic carbocycles. The summed E-state index contributed by atoms with van der Waals surface area (Å²) in [4.78, 5) is 18.5. The minimum absolute atomic E-state index is 0.136. The number of rotatable bonds is 4. The fourth-order valence-electron chi connectivity index (χ4n) is 1.43. The van der Waals surface area contributed by atoms with Crippen molar-refractivity contribution in [2.24, 2.45) is 0 Å². The zero-order valence-corrected chi connectivity index (χ0v) is 10.8. The van der Waals surface area contributed by atoms with Gasteiger partial charge in [-0.25, -0.2) is 9.97 Å². The lowest BCUT2D eigenvalue weighted by atomic mass is 10.3. The summed E-state index contributed by atoms with van der Waals surface area (Å²) in [6.07, 6.45) is 1.29. The number of nitriles is 1. The number of hydrogen-bond donors (Lipinski definition) is 1. The zero-order valence-electron chi connectivity index (χ0n) is 9.95. The molecule has 0 aliphatic heterocycles. The fraction of sp³-hybridized carbons (Fsp3) is 0.182. The predicted molar refractivity (Wildman–Crippen MR) is 69.8 cm³/mol. The van der Waals surface area contributed by atoms with Gasteiger partial charge in [0.05, 0.1) is 17.0 Å². The van der Waals surface area contributed by atoms with Gasteiger partial charge in [0, 0.05) is 23.3 Å². The highest BCUT2D eigenvalue weighted by atomic mass is 32.1. The third kappa shape index (κ3) is 3.02. The van der Waals surface area contributed by atoms with Crippen LogP contribution in [0.1, 0.15) is 16.3 Å². The van der Waals surface area contributed by atoms with E-state index in [1.165, 1.54) is 23.6 Å². The van der Waals surface area contributed by atoms with Crippen molar-refractivity contribution < 1.29 is 4.92 Å². The minimum atomic E-state index is -0.566. The lowest BCUT2D eigenvalue weighted by Crippen LogP contribution is -2.05. The monoisotopic (exact) mass is 275 g/mol. The largest absolute Gasteiger partial charge is 0.358 e. The standard InChI is InChI=1S/C11H9N5O2S/c1-7-6-19-10(15-7)5-14-11-9(16(17)18)2-8(3-12)4-13-11/h2,4,6H,5H2,1H3,(H,13,14). The number of nitro groups is 1. The van der Waals surface area contributed by atoms with Gasteiger partial charge in [-0.05, 0) is 6.92 Å². The molecule has 2 aromatic heterocycles. The van der Waals surface area contributed by atoms with Gasteiger partial charge in [-0.15, -0.1) is 11.3 Å². The van der Waals surface area contributed by atoms with E-state index in [1.807, 2.05) is 18.4 Å². The Morgan fingerprint density at radius 2 is 2.42 bits per heavy atom. The van der Waals surface area contributed by atoms with Crippen molar-refractivity contribution in [1.29, 1.82) is 5.26 Å². The second-order valence-corrected chi connectivity index (χ2v) is 4.64. The van der Waals surface area contributed by atoms with Crippen molar-refractivity contribution in [1.82, 2.24) is 9.97 Å². The van der Waals surface area contributed by atoms with Crippen LogP contribution in [-0.4, -0.2) is 14.9 Å². The molecule has 0 aliphatic carbocycles. The van der Waals surface area contributed by atoms with Crippen molar-refractivity contribution in [3.63, 3.8) is 0 Å². The molecule has 0 saturated carbocycles. The first kappa shape index (κ1) is 12.9. The maximum absolute atomic E-state index is 10.9. The van der Waals surface area contributed by atoms with Crippen LogP contribution in [0.15, 0.2) is 17.6 Å². The molecular formula is C11H9N5O2S. The highest BCUT2D eigenvalue weighted by Gasteiger charge is 2.16. The highest BCUT2D eigenvalue weighted by molar-refractivity contribution is 7.09. The van der Waals surface area contributed by atoms with Gasteiger partial charge < -0.3 is 5.32 Å². The van der Waals surface area contributed by atoms with Crippen LogP contribution < -0.4 is 5.32 Å². The molecule has 0 bridgehead atoms. The van der Waals surface area contributed by atoms with Crippen LogP contribution in [0.2, 0.25) is 0 Å². The number of aryl methyl sites for hydroxylation is 1. The zero-order chi connectivity index (χ0) is 13.8. The first-order chi connectivity index (χ1) is 9.10. The summed E-state index contributed by atoms with van der Waals surface area (Å²) in [5.41, 5.74) is 0.846. The second kappa shape index (κ2) is 5.41. The van der Waals surface area contributed by atoms with E-state index in [0.717, 1.165) is 10.7 Å². The van der Waals surface area contributed by atoms with E-state index in [0.29, 0.717) is 6.54 Å². The number of hydrogen-bond acceptors (Lipinski definition) is 7. The van der Waals surface area contributed by atoms with Gasteiger partial charge in [-0.3, -0.25) is 10.1 Å². The molecule has 0 spiro atoms. The normalized spacial score (nSPS) is 9.89. The van der Waals surface area contributed by atoms with Gasteiger partial charge in [0.1, 0.15) is 11.1 Å². The Morgan fingerprint density at radius 1 is 1.63 bits per heavy atom. The third-order valence-corrected chi connectivity index (χ3v) is 3.23. The average molecular weight is 275 g/mol. The maximum Gasteiger partial charge on any atom is 0.312 e. The molecule has 2 aromatic rings. The molecular weight excluding hydrogens is 266 g/mol. The van der Waals surface area contributed by atoms with Crippen molar-refractivity contribution in [2.75, 3.05) is 5.32 Å². The summed E-state index contributed by atoms with van der Waals surface area (Å²) in [6, 6.07) is 3.02. The molecule has 0 radical (unpaired) electrons. The quantitative estimate of drug-likeness (QED) is 0.677. The van der Waals surface area contributed by atoms with Crippen LogP contribution >= 0.6 is 11.3 Å². The van der Waals surface area contributed by atoms with Crippen LogP contribution in [-0.2, 0) is 6.54 Å². The number of pyridine rings is 1. The summed E-state index contributed by atoms with van der Waals surface area (Å²) < 4.78 is 0. The van der Waals surface area contributed by atoms with Crippen molar-refractivity contribution in [3.05, 3.63) is 44.0 Å². The summed E-state index contributed by atoms with van der Waals surface area (Å²) >= 11 is 1.47. The number of nitrogens with zero attached hydrogens (tertiary/aromatic N) is 4. The number of nitrogens with one attached hydrogen (secondary N) is 1. The SMILES string of the molecule is Cc1csc(CNc2ncc(C#N)cc2[N+](=O)[O-])n1. The van der Waals surface area contributed by atoms with E-state index in [4.69, 9.17) is 5.26 Å². The molecule has 2 heterocycles. The van der Waals surface area contributed by atoms with Crippen LogP contribution in [0, 0.1) is 28.4 Å². The van der Waals surface area contributed by atoms with Gasteiger partial charge in [0.25, 0.3) is 0 Å². The molecule has 0 fully saturated rings. The molecule has 19 heavy (non-hydrogen) atoms. The first-order valence-corrected chi connectivity index (χ1v) is 6.17. The molecule has 0 aliphatic rings. The lowest BCUT2D eigenvalue weighted by Gasteiger charge is -2.04. The van der Waals surface area contributed by atoms with E-state index in [1.54, 1.807) is 0 Å². The van der Waals surface area contributed by atoms with E-state index >= 15 is 0 Å². The Labute approximate surface area is 112 Å². The average Bonchev–Trinajstić information content (AvgIpc) is 2.82. The summed E-state index contributed by atoms with van der Waals surface area (Å²) in [7, 11) is 0. The Bertz CT molecular complexity index is 661. The second-order valence-electron chi connectivity index (χ2n) is 3.70. The Kier molecular flexibility index (Phi) is 3.68. The van der Waals surface area contributed by atoms with E-state index in [-0.39, 0.29) is 17.1 Å². The van der Waals surface area contributed by atoms with Gasteiger partial charge in [0.15, 0.2) is 0 Å². The lowest BCUT2D eigenvalue weighted by molar-refractivity contribution is -0.384. The number of thiazole rings is 1. The molecule has 0 saturated heterocycles. The van der Waals surface area contributed by atoms with Crippen molar-refractivity contribution in [2.45, 2.75) is 13.5 Å². The smallest absolute Gasteiger partial charge is 0.312 e. The molecule has 0 atom stereocenters. The van der Waals surface area contributed by atoms with Crippen molar-refractivity contribution >= 4 is 22.8 Å². The first-order valence-electron chi connectivity index (χ1n) is 5.29. The third-order valence-electron chi connectivity index (χ3n) is 2.27. The molecule has 0 amide bonds. The molecule has 96 valence electrons. The molecule has 7 nitrogen and oxygen atoms in total. The van der Waals surface area contributed by atoms with E-state index < -0.39 is 4.92 Å². The molecule has 1 N–H and O–H groups in total. The van der Waals surface area contributed by atoms with Crippen LogP contribution in [0.5, 0.6) is 0 Å². The van der Waals surface area contributed by atoms with Crippen LogP contribution in [0.25, 0.3) is 0 Å². The molecule has 8 heteroatoms. The Morgan fingerprint density at radius 3 is 3.00 bits per heavy atom. The Balaban J connectivity index is 2.20. The van der Waals surface area contributed by atoms with Gasteiger partial charge in [0.2, 0.25) is 5.82 Å².